The van der Waals surface area contributed by atoms with Crippen LogP contribution in [0.25, 0.3) is 21.9 Å². The van der Waals surface area contributed by atoms with Crippen LogP contribution in [0.1, 0.15) is 11.5 Å². The Morgan fingerprint density at radius 2 is 2.26 bits per heavy atom. The van der Waals surface area contributed by atoms with Gasteiger partial charge in [-0.05, 0) is 19.1 Å². The fourth-order valence-corrected chi connectivity index (χ4v) is 3.13. The van der Waals surface area contributed by atoms with Gasteiger partial charge in [0.2, 0.25) is 0 Å². The lowest BCUT2D eigenvalue weighted by Crippen LogP contribution is -2.15. The van der Waals surface area contributed by atoms with Crippen LogP contribution in [0.15, 0.2) is 37.4 Å². The molecule has 1 aromatic carbocycles. The summed E-state index contributed by atoms with van der Waals surface area (Å²) in [7, 11) is 0. The van der Waals surface area contributed by atoms with Gasteiger partial charge < -0.3 is 8.94 Å². The highest BCUT2D eigenvalue weighted by Gasteiger charge is 2.16. The summed E-state index contributed by atoms with van der Waals surface area (Å²) >= 11 is 7.32. The van der Waals surface area contributed by atoms with Gasteiger partial charge in [-0.1, -0.05) is 16.8 Å². The Balaban J connectivity index is 1.72. The minimum Gasteiger partial charge on any atom is -0.408 e. The molecule has 3 aromatic heterocycles. The van der Waals surface area contributed by atoms with E-state index in [1.54, 1.807) is 23.7 Å². The lowest BCUT2D eigenvalue weighted by Gasteiger charge is -1.97. The third-order valence-corrected chi connectivity index (χ3v) is 4.49. The third-order valence-electron chi connectivity index (χ3n) is 3.34. The Bertz CT molecular complexity index is 1060. The summed E-state index contributed by atoms with van der Waals surface area (Å²) in [6.45, 7) is 2.02. The first kappa shape index (κ1) is 14.2. The maximum absolute atomic E-state index is 12.0. The summed E-state index contributed by atoms with van der Waals surface area (Å²) in [5.74, 6) is 0.277. The fraction of sp³-hybridized carbons (Fsp3) is 0.143. The summed E-state index contributed by atoms with van der Waals surface area (Å²) < 4.78 is 11.9. The van der Waals surface area contributed by atoms with Crippen LogP contribution in [-0.4, -0.2) is 19.7 Å². The minimum absolute atomic E-state index is 0.148. The van der Waals surface area contributed by atoms with E-state index < -0.39 is 5.76 Å². The zero-order chi connectivity index (χ0) is 16.0. The molecule has 0 aliphatic carbocycles. The molecule has 0 bridgehead atoms. The summed E-state index contributed by atoms with van der Waals surface area (Å²) in [6.07, 6.45) is 0. The third kappa shape index (κ3) is 2.45. The smallest absolute Gasteiger partial charge is 0.408 e. The Morgan fingerprint density at radius 1 is 1.39 bits per heavy atom. The topological polar surface area (TPSA) is 87.0 Å². The highest BCUT2D eigenvalue weighted by Crippen LogP contribution is 2.25. The van der Waals surface area contributed by atoms with Crippen LogP contribution in [0.2, 0.25) is 5.02 Å². The second kappa shape index (κ2) is 5.32. The first-order chi connectivity index (χ1) is 11.1. The first-order valence-corrected chi connectivity index (χ1v) is 7.89. The van der Waals surface area contributed by atoms with Gasteiger partial charge in [0.15, 0.2) is 11.4 Å². The van der Waals surface area contributed by atoms with Crippen molar-refractivity contribution in [2.24, 2.45) is 0 Å². The van der Waals surface area contributed by atoms with E-state index in [1.165, 1.54) is 15.9 Å². The average Bonchev–Trinajstić information content (AvgIpc) is 3.20. The highest BCUT2D eigenvalue weighted by atomic mass is 35.5. The standard InChI is InChI=1S/C14H9ClN4O3S/c1-7-12(23-6-16-7)13-17-11(18-22-13)5-19-9-3-2-8(15)4-10(9)21-14(19)20/h2-4,6H,5H2,1H3. The van der Waals surface area contributed by atoms with E-state index in [-0.39, 0.29) is 6.54 Å². The number of benzene rings is 1. The predicted octanol–water partition coefficient (Wildman–Crippen LogP) is 3.11. The lowest BCUT2D eigenvalue weighted by molar-refractivity contribution is 0.419. The number of thiazole rings is 1. The maximum atomic E-state index is 12.0. The molecule has 0 saturated heterocycles. The molecule has 0 amide bonds. The highest BCUT2D eigenvalue weighted by molar-refractivity contribution is 7.13. The largest absolute Gasteiger partial charge is 0.420 e. The molecule has 0 radical (unpaired) electrons. The van der Waals surface area contributed by atoms with Gasteiger partial charge in [0.05, 0.1) is 23.3 Å². The molecular weight excluding hydrogens is 340 g/mol. The number of aromatic nitrogens is 4. The van der Waals surface area contributed by atoms with Gasteiger partial charge >= 0.3 is 5.76 Å². The van der Waals surface area contributed by atoms with Crippen molar-refractivity contribution in [2.45, 2.75) is 13.5 Å². The van der Waals surface area contributed by atoms with E-state index >= 15 is 0 Å². The van der Waals surface area contributed by atoms with E-state index in [0.29, 0.717) is 27.8 Å². The van der Waals surface area contributed by atoms with Crippen LogP contribution in [0.4, 0.5) is 0 Å². The maximum Gasteiger partial charge on any atom is 0.420 e. The summed E-state index contributed by atoms with van der Waals surface area (Å²) in [6, 6.07) is 5.01. The van der Waals surface area contributed by atoms with Crippen LogP contribution in [-0.2, 0) is 6.54 Å². The van der Waals surface area contributed by atoms with Crippen molar-refractivity contribution >= 4 is 34.0 Å². The van der Waals surface area contributed by atoms with Crippen molar-refractivity contribution < 1.29 is 8.94 Å². The second-order valence-corrected chi connectivity index (χ2v) is 6.14. The number of nitrogens with zero attached hydrogens (tertiary/aromatic N) is 4. The zero-order valence-electron chi connectivity index (χ0n) is 11.8. The van der Waals surface area contributed by atoms with Crippen LogP contribution in [0, 0.1) is 6.92 Å². The summed E-state index contributed by atoms with van der Waals surface area (Å²) in [5, 5.41) is 4.42. The second-order valence-electron chi connectivity index (χ2n) is 4.85. The molecule has 0 spiro atoms. The van der Waals surface area contributed by atoms with Gasteiger partial charge in [0.1, 0.15) is 4.88 Å². The quantitative estimate of drug-likeness (QED) is 0.565. The number of halogens is 1. The van der Waals surface area contributed by atoms with Gasteiger partial charge in [-0.25, -0.2) is 9.78 Å². The average molecular weight is 349 g/mol. The van der Waals surface area contributed by atoms with E-state index in [9.17, 15) is 4.79 Å². The normalized spacial score (nSPS) is 11.4. The zero-order valence-corrected chi connectivity index (χ0v) is 13.4. The molecule has 0 fully saturated rings. The molecule has 0 atom stereocenters. The molecule has 0 unspecified atom stereocenters. The number of hydrogen-bond donors (Lipinski definition) is 0. The minimum atomic E-state index is -0.498. The van der Waals surface area contributed by atoms with Crippen molar-refractivity contribution in [1.29, 1.82) is 0 Å². The van der Waals surface area contributed by atoms with Gasteiger partial charge in [-0.15, -0.1) is 11.3 Å². The molecule has 23 heavy (non-hydrogen) atoms. The van der Waals surface area contributed by atoms with Crippen molar-refractivity contribution in [3.63, 3.8) is 0 Å². The molecule has 116 valence electrons. The first-order valence-electron chi connectivity index (χ1n) is 6.64. The molecule has 0 aliphatic heterocycles. The van der Waals surface area contributed by atoms with Crippen molar-refractivity contribution in [1.82, 2.24) is 19.7 Å². The van der Waals surface area contributed by atoms with E-state index in [2.05, 4.69) is 15.1 Å². The van der Waals surface area contributed by atoms with Crippen LogP contribution < -0.4 is 5.76 Å². The molecule has 4 rings (SSSR count). The fourth-order valence-electron chi connectivity index (χ4n) is 2.25. The Labute approximate surface area is 138 Å². The van der Waals surface area contributed by atoms with Crippen molar-refractivity contribution in [2.75, 3.05) is 0 Å². The van der Waals surface area contributed by atoms with Gasteiger partial charge in [0.25, 0.3) is 5.89 Å². The molecule has 4 aromatic rings. The monoisotopic (exact) mass is 348 g/mol. The Hall–Kier alpha value is -2.45. The van der Waals surface area contributed by atoms with E-state index in [4.69, 9.17) is 20.5 Å². The number of aryl methyl sites for hydroxylation is 1. The molecule has 3 heterocycles. The van der Waals surface area contributed by atoms with Gasteiger partial charge in [-0.3, -0.25) is 4.57 Å². The Kier molecular flexibility index (Phi) is 3.28. The number of oxazole rings is 1. The van der Waals surface area contributed by atoms with Crippen molar-refractivity contribution in [3.8, 4) is 10.8 Å². The van der Waals surface area contributed by atoms with Crippen LogP contribution in [0.5, 0.6) is 0 Å². The molecule has 7 nitrogen and oxygen atoms in total. The molecule has 0 aliphatic rings. The Morgan fingerprint density at radius 3 is 3.04 bits per heavy atom. The molecule has 9 heteroatoms. The van der Waals surface area contributed by atoms with Crippen molar-refractivity contribution in [3.05, 3.63) is 50.8 Å². The lowest BCUT2D eigenvalue weighted by atomic mass is 10.3. The predicted molar refractivity (Wildman–Crippen MR) is 84.7 cm³/mol. The van der Waals surface area contributed by atoms with E-state index in [1.807, 2.05) is 6.92 Å². The SMILES string of the molecule is Cc1ncsc1-c1nc(Cn2c(=O)oc3cc(Cl)ccc32)no1. The van der Waals surface area contributed by atoms with Crippen LogP contribution in [0.3, 0.4) is 0 Å². The van der Waals surface area contributed by atoms with Crippen LogP contribution >= 0.6 is 22.9 Å². The summed E-state index contributed by atoms with van der Waals surface area (Å²) in [4.78, 5) is 21.3. The van der Waals surface area contributed by atoms with E-state index in [0.717, 1.165) is 10.6 Å². The molecule has 0 saturated carbocycles. The van der Waals surface area contributed by atoms with Gasteiger partial charge in [-0.2, -0.15) is 4.98 Å². The number of hydrogen-bond acceptors (Lipinski definition) is 7. The molecule has 0 N–H and O–H groups in total. The van der Waals surface area contributed by atoms with Gasteiger partial charge in [0, 0.05) is 11.1 Å². The number of rotatable bonds is 3. The molecular formula is C14H9ClN4O3S. The summed E-state index contributed by atoms with van der Waals surface area (Å²) in [5.41, 5.74) is 3.59. The number of fused-ring (bicyclic) bond motifs is 1.